The number of hydrogen-bond donors (Lipinski definition) is 1. The lowest BCUT2D eigenvalue weighted by Crippen LogP contribution is -2.22. The average molecular weight is 418 g/mol. The Morgan fingerprint density at radius 3 is 2.42 bits per heavy atom. The third kappa shape index (κ3) is 4.00. The molecule has 0 saturated heterocycles. The van der Waals surface area contributed by atoms with E-state index in [1.54, 1.807) is 0 Å². The maximum Gasteiger partial charge on any atom is 0.341 e. The molecular weight excluding hydrogens is 390 g/mol. The Morgan fingerprint density at radius 1 is 1.03 bits per heavy atom. The van der Waals surface area contributed by atoms with Crippen molar-refractivity contribution < 1.29 is 14.6 Å². The number of aromatic nitrogens is 1. The Balaban J connectivity index is 0.000000535. The molecule has 3 heterocycles. The topological polar surface area (TPSA) is 68.5 Å². The van der Waals surface area contributed by atoms with Gasteiger partial charge in [-0.1, -0.05) is 51.1 Å². The fourth-order valence-corrected chi connectivity index (χ4v) is 4.17. The van der Waals surface area contributed by atoms with Crippen LogP contribution in [-0.4, -0.2) is 22.2 Å². The summed E-state index contributed by atoms with van der Waals surface area (Å²) < 4.78 is 7.85. The van der Waals surface area contributed by atoms with Crippen LogP contribution in [0.5, 0.6) is 5.75 Å². The Morgan fingerprint density at radius 2 is 1.74 bits per heavy atom. The number of nitrogens with zero attached hydrogens (tertiary/aromatic N) is 1. The summed E-state index contributed by atoms with van der Waals surface area (Å²) in [4.78, 5) is 23.6. The van der Waals surface area contributed by atoms with Gasteiger partial charge in [-0.05, 0) is 29.5 Å². The summed E-state index contributed by atoms with van der Waals surface area (Å²) in [6.45, 7) is 7.82. The zero-order chi connectivity index (χ0) is 22.1. The minimum atomic E-state index is -1.19. The highest BCUT2D eigenvalue weighted by atomic mass is 16.5. The standard InChI is InChI=1S/C22H17NO4.C4H10/c24-20-11-19-17-10-16(13-4-2-1-3-5-13)21-15(7-9-27-21)14(17)6-8-23(19)12-18(20)22(25)26;1-4(2)3/h1-5,10-12H,6-9H2,(H,25,26);4H,1-3H3. The van der Waals surface area contributed by atoms with Crippen LogP contribution in [0.4, 0.5) is 0 Å². The van der Waals surface area contributed by atoms with Crippen LogP contribution in [0, 0.1) is 5.92 Å². The predicted octanol–water partition coefficient (Wildman–Crippen LogP) is 5.03. The Kier molecular flexibility index (Phi) is 5.68. The second-order valence-electron chi connectivity index (χ2n) is 8.64. The lowest BCUT2D eigenvalue weighted by molar-refractivity contribution is 0.0694. The molecule has 0 aliphatic carbocycles. The summed E-state index contributed by atoms with van der Waals surface area (Å²) in [6, 6.07) is 13.6. The van der Waals surface area contributed by atoms with Gasteiger partial charge in [0.2, 0.25) is 0 Å². The van der Waals surface area contributed by atoms with E-state index in [-0.39, 0.29) is 5.56 Å². The van der Waals surface area contributed by atoms with E-state index in [1.165, 1.54) is 23.4 Å². The van der Waals surface area contributed by atoms with Crippen molar-refractivity contribution in [2.24, 2.45) is 5.92 Å². The van der Waals surface area contributed by atoms with E-state index in [9.17, 15) is 14.7 Å². The molecule has 0 spiro atoms. The Hall–Kier alpha value is -3.34. The van der Waals surface area contributed by atoms with Crippen LogP contribution in [0.25, 0.3) is 22.4 Å². The molecule has 0 amide bonds. The van der Waals surface area contributed by atoms with E-state index in [1.807, 2.05) is 34.9 Å². The highest BCUT2D eigenvalue weighted by Gasteiger charge is 2.28. The minimum absolute atomic E-state index is 0.185. The first-order valence-corrected chi connectivity index (χ1v) is 10.7. The lowest BCUT2D eigenvalue weighted by atomic mass is 9.87. The number of aromatic carboxylic acids is 1. The van der Waals surface area contributed by atoms with E-state index in [0.29, 0.717) is 13.2 Å². The van der Waals surface area contributed by atoms with Crippen molar-refractivity contribution in [2.45, 2.75) is 40.2 Å². The number of hydrogen-bond acceptors (Lipinski definition) is 3. The summed E-state index contributed by atoms with van der Waals surface area (Å²) >= 11 is 0. The Labute approximate surface area is 181 Å². The average Bonchev–Trinajstić information content (AvgIpc) is 3.22. The predicted molar refractivity (Wildman–Crippen MR) is 122 cm³/mol. The molecule has 5 rings (SSSR count). The van der Waals surface area contributed by atoms with Crippen LogP contribution in [0.2, 0.25) is 0 Å². The first-order valence-electron chi connectivity index (χ1n) is 10.7. The number of carboxylic acids is 1. The van der Waals surface area contributed by atoms with Crippen LogP contribution in [0.3, 0.4) is 0 Å². The molecule has 5 nitrogen and oxygen atoms in total. The van der Waals surface area contributed by atoms with Gasteiger partial charge in [0, 0.05) is 41.9 Å². The second kappa shape index (κ2) is 8.42. The largest absolute Gasteiger partial charge is 0.492 e. The molecule has 2 aliphatic rings. The van der Waals surface area contributed by atoms with Crippen LogP contribution >= 0.6 is 0 Å². The quantitative estimate of drug-likeness (QED) is 0.635. The monoisotopic (exact) mass is 417 g/mol. The number of aryl methyl sites for hydroxylation is 1. The van der Waals surface area contributed by atoms with E-state index < -0.39 is 11.4 Å². The van der Waals surface area contributed by atoms with Gasteiger partial charge in [-0.25, -0.2) is 4.79 Å². The third-order valence-electron chi connectivity index (χ3n) is 5.42. The first kappa shape index (κ1) is 20.9. The number of carbonyl (C=O) groups is 1. The van der Waals surface area contributed by atoms with Crippen molar-refractivity contribution in [1.29, 1.82) is 0 Å². The summed E-state index contributed by atoms with van der Waals surface area (Å²) in [5, 5.41) is 9.25. The molecule has 0 fully saturated rings. The fraction of sp³-hybridized carbons (Fsp3) is 0.308. The summed E-state index contributed by atoms with van der Waals surface area (Å²) in [5.74, 6) is 0.589. The molecule has 1 aromatic heterocycles. The number of rotatable bonds is 2. The SMILES string of the molecule is CC(C)C.O=C(O)c1cn2c(cc1=O)-c1cc(-c3ccccc3)c3c(c1CC2)CCO3. The normalized spacial score (nSPS) is 13.4. The van der Waals surface area contributed by atoms with E-state index >= 15 is 0 Å². The highest BCUT2D eigenvalue weighted by molar-refractivity contribution is 5.88. The van der Waals surface area contributed by atoms with Crippen LogP contribution in [0.15, 0.2) is 53.5 Å². The molecule has 160 valence electrons. The molecule has 0 bridgehead atoms. The summed E-state index contributed by atoms with van der Waals surface area (Å²) in [5.41, 5.74) is 5.65. The van der Waals surface area contributed by atoms with Gasteiger partial charge in [-0.2, -0.15) is 0 Å². The third-order valence-corrected chi connectivity index (χ3v) is 5.42. The number of benzene rings is 2. The lowest BCUT2D eigenvalue weighted by Gasteiger charge is -2.25. The molecule has 0 unspecified atom stereocenters. The zero-order valence-corrected chi connectivity index (χ0v) is 18.1. The van der Waals surface area contributed by atoms with Crippen molar-refractivity contribution in [3.8, 4) is 28.1 Å². The van der Waals surface area contributed by atoms with Crippen molar-refractivity contribution >= 4 is 5.97 Å². The van der Waals surface area contributed by atoms with E-state index in [2.05, 4.69) is 26.8 Å². The molecule has 31 heavy (non-hydrogen) atoms. The van der Waals surface area contributed by atoms with Gasteiger partial charge in [0.25, 0.3) is 0 Å². The molecule has 1 N–H and O–H groups in total. The molecule has 5 heteroatoms. The smallest absolute Gasteiger partial charge is 0.341 e. The van der Waals surface area contributed by atoms with Gasteiger partial charge in [-0.15, -0.1) is 0 Å². The van der Waals surface area contributed by atoms with Gasteiger partial charge in [0.05, 0.1) is 12.3 Å². The van der Waals surface area contributed by atoms with Crippen molar-refractivity contribution in [3.63, 3.8) is 0 Å². The van der Waals surface area contributed by atoms with Crippen molar-refractivity contribution in [3.05, 3.63) is 75.6 Å². The second-order valence-corrected chi connectivity index (χ2v) is 8.64. The molecule has 0 radical (unpaired) electrons. The summed E-state index contributed by atoms with van der Waals surface area (Å²) in [6.07, 6.45) is 3.12. The number of ether oxygens (including phenoxy) is 1. The van der Waals surface area contributed by atoms with E-state index in [4.69, 9.17) is 4.74 Å². The van der Waals surface area contributed by atoms with Crippen LogP contribution in [0.1, 0.15) is 42.3 Å². The molecule has 0 atom stereocenters. The molecule has 2 aromatic carbocycles. The maximum absolute atomic E-state index is 12.3. The summed E-state index contributed by atoms with van der Waals surface area (Å²) in [7, 11) is 0. The highest BCUT2D eigenvalue weighted by Crippen LogP contribution is 2.45. The van der Waals surface area contributed by atoms with Gasteiger partial charge < -0.3 is 14.4 Å². The van der Waals surface area contributed by atoms with Crippen molar-refractivity contribution in [2.75, 3.05) is 6.61 Å². The molecule has 0 saturated carbocycles. The number of pyridine rings is 1. The van der Waals surface area contributed by atoms with Gasteiger partial charge in [0.1, 0.15) is 11.3 Å². The minimum Gasteiger partial charge on any atom is -0.492 e. The molecule has 2 aliphatic heterocycles. The van der Waals surface area contributed by atoms with E-state index in [0.717, 1.165) is 46.9 Å². The van der Waals surface area contributed by atoms with Gasteiger partial charge >= 0.3 is 5.97 Å². The zero-order valence-electron chi connectivity index (χ0n) is 18.1. The maximum atomic E-state index is 12.3. The van der Waals surface area contributed by atoms with Gasteiger partial charge in [-0.3, -0.25) is 4.79 Å². The fourth-order valence-electron chi connectivity index (χ4n) is 4.17. The van der Waals surface area contributed by atoms with Gasteiger partial charge in [0.15, 0.2) is 5.43 Å². The molecular formula is C26H27NO4. The first-order chi connectivity index (χ1) is 14.9. The number of carboxylic acid groups (broad SMARTS) is 1. The number of fused-ring (bicyclic) bond motifs is 5. The Bertz CT molecular complexity index is 1190. The molecule has 3 aromatic rings. The van der Waals surface area contributed by atoms with Crippen molar-refractivity contribution in [1.82, 2.24) is 4.57 Å². The van der Waals surface area contributed by atoms with Crippen LogP contribution in [-0.2, 0) is 19.4 Å². The van der Waals surface area contributed by atoms with Crippen LogP contribution < -0.4 is 10.2 Å².